The lowest BCUT2D eigenvalue weighted by Gasteiger charge is -2.27. The first-order valence-electron chi connectivity index (χ1n) is 16.0. The zero-order valence-electron chi connectivity index (χ0n) is 26.6. The van der Waals surface area contributed by atoms with E-state index >= 15 is 0 Å². The number of aryl methyl sites for hydroxylation is 1. The minimum atomic E-state index is -0.388. The highest BCUT2D eigenvalue weighted by Crippen LogP contribution is 2.37. The normalized spacial score (nSPS) is 13.9. The van der Waals surface area contributed by atoms with Gasteiger partial charge in [-0.3, -0.25) is 9.58 Å². The van der Waals surface area contributed by atoms with Crippen molar-refractivity contribution in [1.29, 1.82) is 0 Å². The minimum Gasteiger partial charge on any atom is -0.493 e. The third kappa shape index (κ3) is 6.66. The maximum atomic E-state index is 13.3. The molecule has 1 saturated heterocycles. The number of aromatic amines is 1. The van der Waals surface area contributed by atoms with Gasteiger partial charge in [0, 0.05) is 50.1 Å². The smallest absolute Gasteiger partial charge is 0.355 e. The number of carbonyl (C=O) groups is 1. The molecular weight excluding hydrogens is 584 g/mol. The van der Waals surface area contributed by atoms with Gasteiger partial charge in [0.2, 0.25) is 0 Å². The first-order chi connectivity index (χ1) is 22.6. The summed E-state index contributed by atoms with van der Waals surface area (Å²) < 4.78 is 24.7. The van der Waals surface area contributed by atoms with Gasteiger partial charge in [-0.2, -0.15) is 5.10 Å². The van der Waals surface area contributed by atoms with Gasteiger partial charge >= 0.3 is 5.97 Å². The number of H-pyrrole nitrogens is 1. The highest BCUT2D eigenvalue weighted by molar-refractivity contribution is 6.04. The summed E-state index contributed by atoms with van der Waals surface area (Å²) >= 11 is 0. The SMILES string of the molecule is CCOC(=O)c1[nH]c2c(-c3c(CO)nn(CCOC)c3CN3CCOCC3)cccc2c1CCCOc1cccc2ccccc12.[HH]. The first-order valence-corrected chi connectivity index (χ1v) is 16.0. The standard InChI is InChI=1S/C36H42N4O6.H2/c1-3-45-36(42)35-28(14-8-19-46-32-15-6-10-25-9-4-5-11-26(25)32)27-12-7-13-29(34(27)37-35)33-30(24-41)38-40(18-20-43-2)31(33)23-39-16-21-44-22-17-39;/h4-7,9-13,15,37,41H,3,8,14,16-24H2,1-2H3;1H. The highest BCUT2D eigenvalue weighted by atomic mass is 16.5. The van der Waals surface area contributed by atoms with Crippen molar-refractivity contribution < 1.29 is 30.3 Å². The van der Waals surface area contributed by atoms with Gasteiger partial charge in [0.1, 0.15) is 11.4 Å². The van der Waals surface area contributed by atoms with E-state index in [0.717, 1.165) is 62.9 Å². The predicted molar refractivity (Wildman–Crippen MR) is 179 cm³/mol. The molecule has 3 heterocycles. The average Bonchev–Trinajstić information content (AvgIpc) is 3.64. The molecule has 0 unspecified atom stereocenters. The van der Waals surface area contributed by atoms with Crippen LogP contribution in [0.2, 0.25) is 0 Å². The average molecular weight is 629 g/mol. The molecule has 46 heavy (non-hydrogen) atoms. The fourth-order valence-electron chi connectivity index (χ4n) is 6.34. The number of hydrogen-bond acceptors (Lipinski definition) is 8. The number of aliphatic hydroxyl groups excluding tert-OH is 1. The number of carbonyl (C=O) groups excluding carboxylic acids is 1. The fourth-order valence-corrected chi connectivity index (χ4v) is 6.34. The van der Waals surface area contributed by atoms with Gasteiger partial charge in [-0.15, -0.1) is 0 Å². The van der Waals surface area contributed by atoms with Crippen LogP contribution >= 0.6 is 0 Å². The van der Waals surface area contributed by atoms with E-state index in [1.807, 2.05) is 54.1 Å². The summed E-state index contributed by atoms with van der Waals surface area (Å²) in [7, 11) is 1.67. The molecule has 0 bridgehead atoms. The van der Waals surface area contributed by atoms with E-state index in [9.17, 15) is 9.90 Å². The summed E-state index contributed by atoms with van der Waals surface area (Å²) in [6, 6.07) is 20.3. The van der Waals surface area contributed by atoms with Crippen LogP contribution in [0.25, 0.3) is 32.8 Å². The van der Waals surface area contributed by atoms with Crippen molar-refractivity contribution in [2.75, 3.05) is 53.2 Å². The van der Waals surface area contributed by atoms with Gasteiger partial charge in [0.05, 0.1) is 63.1 Å². The van der Waals surface area contributed by atoms with Crippen LogP contribution in [0.5, 0.6) is 5.75 Å². The van der Waals surface area contributed by atoms with Crippen LogP contribution in [0.4, 0.5) is 0 Å². The summed E-state index contributed by atoms with van der Waals surface area (Å²) in [5, 5.41) is 18.5. The number of ether oxygens (including phenoxy) is 4. The Bertz CT molecular complexity index is 1790. The number of nitrogens with zero attached hydrogens (tertiary/aromatic N) is 3. The van der Waals surface area contributed by atoms with Crippen LogP contribution in [0.1, 0.15) is 42.2 Å². The molecule has 1 fully saturated rings. The van der Waals surface area contributed by atoms with E-state index in [-0.39, 0.29) is 20.6 Å². The maximum Gasteiger partial charge on any atom is 0.355 e. The maximum absolute atomic E-state index is 13.3. The largest absolute Gasteiger partial charge is 0.493 e. The number of rotatable bonds is 14. The molecule has 1 aliphatic rings. The van der Waals surface area contributed by atoms with Gasteiger partial charge in [0.15, 0.2) is 0 Å². The van der Waals surface area contributed by atoms with Gasteiger partial charge < -0.3 is 29.0 Å². The monoisotopic (exact) mass is 628 g/mol. The van der Waals surface area contributed by atoms with Gasteiger partial charge in [-0.05, 0) is 36.8 Å². The van der Waals surface area contributed by atoms with Gasteiger partial charge in [0.25, 0.3) is 0 Å². The molecule has 0 amide bonds. The highest BCUT2D eigenvalue weighted by Gasteiger charge is 2.26. The molecule has 5 aromatic rings. The van der Waals surface area contributed by atoms with Crippen molar-refractivity contribution in [1.82, 2.24) is 19.7 Å². The summed E-state index contributed by atoms with van der Waals surface area (Å²) in [4.78, 5) is 19.1. The third-order valence-electron chi connectivity index (χ3n) is 8.53. The number of hydrogen-bond donors (Lipinski definition) is 2. The Labute approximate surface area is 270 Å². The molecule has 10 nitrogen and oxygen atoms in total. The molecule has 10 heteroatoms. The fraction of sp³-hybridized carbons (Fsp3) is 0.389. The Balaban J connectivity index is 0.00000433. The molecule has 2 aromatic heterocycles. The second kappa shape index (κ2) is 14.9. The second-order valence-electron chi connectivity index (χ2n) is 11.4. The zero-order chi connectivity index (χ0) is 31.9. The quantitative estimate of drug-likeness (QED) is 0.121. The van der Waals surface area contributed by atoms with Crippen molar-refractivity contribution in [2.24, 2.45) is 0 Å². The van der Waals surface area contributed by atoms with Gasteiger partial charge in [-0.25, -0.2) is 4.79 Å². The van der Waals surface area contributed by atoms with E-state index in [4.69, 9.17) is 24.0 Å². The summed E-state index contributed by atoms with van der Waals surface area (Å²) in [6.45, 7) is 7.04. The number of fused-ring (bicyclic) bond motifs is 2. The third-order valence-corrected chi connectivity index (χ3v) is 8.53. The topological polar surface area (TPSA) is 111 Å². The van der Waals surface area contributed by atoms with E-state index in [2.05, 4.69) is 28.1 Å². The zero-order valence-corrected chi connectivity index (χ0v) is 26.6. The number of aliphatic hydroxyl groups is 1. The molecule has 6 rings (SSSR count). The van der Waals surface area contributed by atoms with Crippen LogP contribution in [-0.2, 0) is 40.3 Å². The molecule has 0 saturated carbocycles. The molecule has 0 atom stereocenters. The van der Waals surface area contributed by atoms with Crippen LogP contribution in [0, 0.1) is 0 Å². The Morgan fingerprint density at radius 3 is 2.63 bits per heavy atom. The number of aromatic nitrogens is 3. The van der Waals surface area contributed by atoms with Crippen molar-refractivity contribution >= 4 is 27.6 Å². The van der Waals surface area contributed by atoms with Crippen molar-refractivity contribution in [2.45, 2.75) is 39.5 Å². The Kier molecular flexibility index (Phi) is 10.3. The number of benzene rings is 3. The Morgan fingerprint density at radius 1 is 1.04 bits per heavy atom. The Hall–Kier alpha value is -4.22. The molecule has 244 valence electrons. The summed E-state index contributed by atoms with van der Waals surface area (Å²) in [6.07, 6.45) is 1.31. The Morgan fingerprint density at radius 2 is 1.83 bits per heavy atom. The number of morpholine rings is 1. The summed E-state index contributed by atoms with van der Waals surface area (Å²) in [5.74, 6) is 0.459. The summed E-state index contributed by atoms with van der Waals surface area (Å²) in [5.41, 5.74) is 5.50. The lowest BCUT2D eigenvalue weighted by atomic mass is 9.97. The van der Waals surface area contributed by atoms with Gasteiger partial charge in [-0.1, -0.05) is 54.6 Å². The van der Waals surface area contributed by atoms with E-state index in [0.29, 0.717) is 63.7 Å². The molecule has 0 radical (unpaired) electrons. The predicted octanol–water partition coefficient (Wildman–Crippen LogP) is 5.59. The number of nitrogens with one attached hydrogen (secondary N) is 1. The van der Waals surface area contributed by atoms with Crippen molar-refractivity contribution in [3.63, 3.8) is 0 Å². The van der Waals surface area contributed by atoms with E-state index in [1.54, 1.807) is 7.11 Å². The van der Waals surface area contributed by atoms with Crippen LogP contribution < -0.4 is 4.74 Å². The van der Waals surface area contributed by atoms with E-state index < -0.39 is 0 Å². The van der Waals surface area contributed by atoms with Crippen LogP contribution in [0.3, 0.4) is 0 Å². The number of esters is 1. The molecule has 3 aromatic carbocycles. The number of para-hydroxylation sites is 1. The van der Waals surface area contributed by atoms with E-state index in [1.165, 1.54) is 0 Å². The van der Waals surface area contributed by atoms with Crippen molar-refractivity contribution in [3.8, 4) is 16.9 Å². The number of methoxy groups -OCH3 is 1. The minimum absolute atomic E-state index is 0. The molecule has 2 N–H and O–H groups in total. The molecule has 1 aliphatic heterocycles. The lowest BCUT2D eigenvalue weighted by molar-refractivity contribution is 0.0329. The molecule has 0 spiro atoms. The molecule has 0 aliphatic carbocycles. The first kappa shape index (κ1) is 31.7. The van der Waals surface area contributed by atoms with Crippen molar-refractivity contribution in [3.05, 3.63) is 83.3 Å². The second-order valence-corrected chi connectivity index (χ2v) is 11.4. The van der Waals surface area contributed by atoms with Crippen LogP contribution in [-0.4, -0.2) is 84.0 Å². The van der Waals surface area contributed by atoms with Crippen LogP contribution in [0.15, 0.2) is 60.7 Å². The lowest BCUT2D eigenvalue weighted by Crippen LogP contribution is -2.36. The molecular formula is C36H44N4O6.